The van der Waals surface area contributed by atoms with Gasteiger partial charge in [-0.25, -0.2) is 0 Å². The molecule has 114 valence electrons. The SMILES string of the molecule is Cc1c(C(=O)N2CCCC(C)(CO)C2)cccc1[N+](=O)[O-]. The first-order valence-corrected chi connectivity index (χ1v) is 7.02. The minimum atomic E-state index is -0.472. The normalized spacial score (nSPS) is 22.1. The topological polar surface area (TPSA) is 83.7 Å². The summed E-state index contributed by atoms with van der Waals surface area (Å²) < 4.78 is 0. The molecule has 0 saturated carbocycles. The smallest absolute Gasteiger partial charge is 0.273 e. The van der Waals surface area contributed by atoms with Crippen LogP contribution in [0, 0.1) is 22.5 Å². The van der Waals surface area contributed by atoms with Gasteiger partial charge in [0.1, 0.15) is 0 Å². The summed E-state index contributed by atoms with van der Waals surface area (Å²) >= 11 is 0. The first kappa shape index (κ1) is 15.4. The molecule has 0 bridgehead atoms. The average Bonchev–Trinajstić information content (AvgIpc) is 2.46. The molecule has 0 aromatic heterocycles. The minimum absolute atomic E-state index is 0.0324. The van der Waals surface area contributed by atoms with Crippen LogP contribution in [-0.2, 0) is 0 Å². The van der Waals surface area contributed by atoms with Gasteiger partial charge in [0.05, 0.1) is 11.5 Å². The Kier molecular flexibility index (Phi) is 4.27. The fraction of sp³-hybridized carbons (Fsp3) is 0.533. The van der Waals surface area contributed by atoms with Gasteiger partial charge in [-0.05, 0) is 25.8 Å². The molecule has 2 rings (SSSR count). The second-order valence-electron chi connectivity index (χ2n) is 6.01. The molecule has 6 nitrogen and oxygen atoms in total. The molecule has 1 aliphatic heterocycles. The highest BCUT2D eigenvalue weighted by atomic mass is 16.6. The summed E-state index contributed by atoms with van der Waals surface area (Å²) in [6.45, 7) is 4.68. The van der Waals surface area contributed by atoms with Gasteiger partial charge in [0.25, 0.3) is 11.6 Å². The van der Waals surface area contributed by atoms with Crippen LogP contribution in [-0.4, -0.2) is 40.5 Å². The number of hydrogen-bond donors (Lipinski definition) is 1. The lowest BCUT2D eigenvalue weighted by atomic mass is 9.82. The Morgan fingerprint density at radius 2 is 2.24 bits per heavy atom. The summed E-state index contributed by atoms with van der Waals surface area (Å²) in [4.78, 5) is 24.8. The Morgan fingerprint density at radius 1 is 1.52 bits per heavy atom. The van der Waals surface area contributed by atoms with Crippen molar-refractivity contribution in [2.24, 2.45) is 5.41 Å². The summed E-state index contributed by atoms with van der Waals surface area (Å²) in [5, 5.41) is 20.4. The second kappa shape index (κ2) is 5.81. The highest BCUT2D eigenvalue weighted by Gasteiger charge is 2.33. The minimum Gasteiger partial charge on any atom is -0.396 e. The summed E-state index contributed by atoms with van der Waals surface area (Å²) in [6, 6.07) is 4.56. The van der Waals surface area contributed by atoms with Gasteiger partial charge in [-0.3, -0.25) is 14.9 Å². The molecule has 1 amide bonds. The molecule has 1 unspecified atom stereocenters. The van der Waals surface area contributed by atoms with E-state index in [0.29, 0.717) is 24.2 Å². The van der Waals surface area contributed by atoms with Crippen molar-refractivity contribution in [3.8, 4) is 0 Å². The predicted octanol–water partition coefficient (Wildman–Crippen LogP) is 2.14. The zero-order valence-electron chi connectivity index (χ0n) is 12.3. The van der Waals surface area contributed by atoms with E-state index in [1.807, 2.05) is 6.92 Å². The van der Waals surface area contributed by atoms with Crippen molar-refractivity contribution in [1.82, 2.24) is 4.90 Å². The second-order valence-corrected chi connectivity index (χ2v) is 6.01. The van der Waals surface area contributed by atoms with Gasteiger partial charge >= 0.3 is 0 Å². The molecule has 6 heteroatoms. The molecule has 0 aliphatic carbocycles. The van der Waals surface area contributed by atoms with E-state index in [-0.39, 0.29) is 23.6 Å². The molecule has 1 aliphatic rings. The van der Waals surface area contributed by atoms with Gasteiger partial charge in [-0.1, -0.05) is 13.0 Å². The molecule has 1 fully saturated rings. The van der Waals surface area contributed by atoms with E-state index in [4.69, 9.17) is 0 Å². The zero-order chi connectivity index (χ0) is 15.6. The fourth-order valence-corrected chi connectivity index (χ4v) is 2.84. The summed E-state index contributed by atoms with van der Waals surface area (Å²) in [7, 11) is 0. The van der Waals surface area contributed by atoms with E-state index in [2.05, 4.69) is 0 Å². The van der Waals surface area contributed by atoms with Crippen LogP contribution in [0.1, 0.15) is 35.7 Å². The van der Waals surface area contributed by atoms with Crippen molar-refractivity contribution in [2.75, 3.05) is 19.7 Å². The van der Waals surface area contributed by atoms with Crippen LogP contribution in [0.2, 0.25) is 0 Å². The van der Waals surface area contributed by atoms with Gasteiger partial charge < -0.3 is 10.0 Å². The lowest BCUT2D eigenvalue weighted by Gasteiger charge is -2.39. The first-order chi connectivity index (χ1) is 9.88. The summed E-state index contributed by atoms with van der Waals surface area (Å²) in [5.41, 5.74) is 0.431. The Morgan fingerprint density at radius 3 is 2.86 bits per heavy atom. The molecule has 1 aromatic carbocycles. The number of nitro groups is 1. The number of amides is 1. The molecule has 21 heavy (non-hydrogen) atoms. The summed E-state index contributed by atoms with van der Waals surface area (Å²) in [5.74, 6) is -0.199. The van der Waals surface area contributed by atoms with Crippen molar-refractivity contribution in [3.63, 3.8) is 0 Å². The first-order valence-electron chi connectivity index (χ1n) is 7.02. The third kappa shape index (κ3) is 3.05. The maximum Gasteiger partial charge on any atom is 0.273 e. The van der Waals surface area contributed by atoms with Crippen molar-refractivity contribution in [2.45, 2.75) is 26.7 Å². The monoisotopic (exact) mass is 292 g/mol. The number of piperidine rings is 1. The molecule has 1 heterocycles. The van der Waals surface area contributed by atoms with Crippen molar-refractivity contribution in [3.05, 3.63) is 39.4 Å². The maximum atomic E-state index is 12.6. The van der Waals surface area contributed by atoms with Gasteiger partial charge in [0.15, 0.2) is 0 Å². The number of nitro benzene ring substituents is 1. The number of hydrogen-bond acceptors (Lipinski definition) is 4. The van der Waals surface area contributed by atoms with E-state index in [1.54, 1.807) is 17.9 Å². The lowest BCUT2D eigenvalue weighted by molar-refractivity contribution is -0.385. The largest absolute Gasteiger partial charge is 0.396 e. The van der Waals surface area contributed by atoms with Crippen LogP contribution < -0.4 is 0 Å². The zero-order valence-corrected chi connectivity index (χ0v) is 12.3. The van der Waals surface area contributed by atoms with Gasteiger partial charge in [0.2, 0.25) is 0 Å². The number of carbonyl (C=O) groups excluding carboxylic acids is 1. The molecular weight excluding hydrogens is 272 g/mol. The van der Waals surface area contributed by atoms with Crippen molar-refractivity contribution >= 4 is 11.6 Å². The number of carbonyl (C=O) groups is 1. The Bertz CT molecular complexity index is 573. The van der Waals surface area contributed by atoms with E-state index in [1.165, 1.54) is 12.1 Å². The van der Waals surface area contributed by atoms with Crippen LogP contribution in [0.15, 0.2) is 18.2 Å². The van der Waals surface area contributed by atoms with E-state index in [9.17, 15) is 20.0 Å². The van der Waals surface area contributed by atoms with Crippen LogP contribution in [0.5, 0.6) is 0 Å². The maximum absolute atomic E-state index is 12.6. The highest BCUT2D eigenvalue weighted by molar-refractivity contribution is 5.96. The fourth-order valence-electron chi connectivity index (χ4n) is 2.84. The van der Waals surface area contributed by atoms with Crippen LogP contribution in [0.3, 0.4) is 0 Å². The van der Waals surface area contributed by atoms with E-state index < -0.39 is 4.92 Å². The Labute approximate surface area is 123 Å². The van der Waals surface area contributed by atoms with Gasteiger partial charge in [-0.15, -0.1) is 0 Å². The standard InChI is InChI=1S/C15H20N2O4/c1-11-12(5-3-6-13(11)17(20)21)14(19)16-8-4-7-15(2,9-16)10-18/h3,5-6,18H,4,7-10H2,1-2H3. The number of benzene rings is 1. The molecule has 1 aromatic rings. The van der Waals surface area contributed by atoms with Crippen LogP contribution in [0.25, 0.3) is 0 Å². The van der Waals surface area contributed by atoms with Crippen LogP contribution in [0.4, 0.5) is 5.69 Å². The summed E-state index contributed by atoms with van der Waals surface area (Å²) in [6.07, 6.45) is 1.71. The highest BCUT2D eigenvalue weighted by Crippen LogP contribution is 2.30. The molecular formula is C15H20N2O4. The van der Waals surface area contributed by atoms with Crippen molar-refractivity contribution in [1.29, 1.82) is 0 Å². The Hall–Kier alpha value is -1.95. The van der Waals surface area contributed by atoms with Crippen molar-refractivity contribution < 1.29 is 14.8 Å². The third-order valence-electron chi connectivity index (χ3n) is 4.18. The van der Waals surface area contributed by atoms with E-state index in [0.717, 1.165) is 12.8 Å². The Balaban J connectivity index is 2.28. The quantitative estimate of drug-likeness (QED) is 0.683. The molecule has 0 spiro atoms. The number of likely N-dealkylation sites (tertiary alicyclic amines) is 1. The number of nitrogens with zero attached hydrogens (tertiary/aromatic N) is 2. The average molecular weight is 292 g/mol. The molecule has 1 saturated heterocycles. The van der Waals surface area contributed by atoms with Gasteiger partial charge in [0, 0.05) is 35.7 Å². The number of rotatable bonds is 3. The van der Waals surface area contributed by atoms with E-state index >= 15 is 0 Å². The molecule has 1 atom stereocenters. The number of aliphatic hydroxyl groups is 1. The molecule has 1 N–H and O–H groups in total. The lowest BCUT2D eigenvalue weighted by Crippen LogP contribution is -2.46. The van der Waals surface area contributed by atoms with Gasteiger partial charge in [-0.2, -0.15) is 0 Å². The third-order valence-corrected chi connectivity index (χ3v) is 4.18. The van der Waals surface area contributed by atoms with Crippen LogP contribution >= 0.6 is 0 Å². The molecule has 0 radical (unpaired) electrons. The predicted molar refractivity (Wildman–Crippen MR) is 78.2 cm³/mol. The number of aliphatic hydroxyl groups excluding tert-OH is 1.